The van der Waals surface area contributed by atoms with Gasteiger partial charge in [0.2, 0.25) is 0 Å². The summed E-state index contributed by atoms with van der Waals surface area (Å²) < 4.78 is 40.8. The maximum atomic E-state index is 12.0. The van der Waals surface area contributed by atoms with Crippen LogP contribution in [0.25, 0.3) is 0 Å². The second-order valence-electron chi connectivity index (χ2n) is 2.84. The van der Waals surface area contributed by atoms with Crippen LogP contribution < -0.4 is 10.1 Å². The van der Waals surface area contributed by atoms with Crippen LogP contribution in [0.4, 0.5) is 18.9 Å². The number of anilines is 1. The molecule has 0 radical (unpaired) electrons. The lowest BCUT2D eigenvalue weighted by Crippen LogP contribution is -2.17. The maximum absolute atomic E-state index is 12.0. The normalized spacial score (nSPS) is 11.4. The van der Waals surface area contributed by atoms with Crippen molar-refractivity contribution in [3.8, 4) is 5.75 Å². The molecule has 0 amide bonds. The van der Waals surface area contributed by atoms with E-state index in [2.05, 4.69) is 41.9 Å². The highest BCUT2D eigenvalue weighted by molar-refractivity contribution is 9.11. The van der Waals surface area contributed by atoms with Crippen LogP contribution in [0.1, 0.15) is 6.92 Å². The van der Waals surface area contributed by atoms with Crippen molar-refractivity contribution in [1.82, 2.24) is 0 Å². The van der Waals surface area contributed by atoms with E-state index in [-0.39, 0.29) is 5.75 Å². The highest BCUT2D eigenvalue weighted by Crippen LogP contribution is 2.36. The Morgan fingerprint density at radius 2 is 1.75 bits per heavy atom. The van der Waals surface area contributed by atoms with E-state index in [1.165, 1.54) is 12.1 Å². The van der Waals surface area contributed by atoms with Gasteiger partial charge in [0, 0.05) is 15.5 Å². The van der Waals surface area contributed by atoms with Gasteiger partial charge in [-0.3, -0.25) is 0 Å². The summed E-state index contributed by atoms with van der Waals surface area (Å²) in [5, 5.41) is 3.00. The number of benzene rings is 1. The molecule has 0 aliphatic carbocycles. The predicted molar refractivity (Wildman–Crippen MR) is 62.7 cm³/mol. The number of rotatable bonds is 3. The van der Waals surface area contributed by atoms with Crippen LogP contribution in [0.15, 0.2) is 21.1 Å². The quantitative estimate of drug-likeness (QED) is 0.852. The van der Waals surface area contributed by atoms with Crippen LogP contribution >= 0.6 is 31.9 Å². The van der Waals surface area contributed by atoms with Crippen molar-refractivity contribution in [3.63, 3.8) is 0 Å². The fourth-order valence-corrected chi connectivity index (χ4v) is 2.51. The van der Waals surface area contributed by atoms with Crippen LogP contribution in [0.5, 0.6) is 5.75 Å². The van der Waals surface area contributed by atoms with Crippen molar-refractivity contribution in [2.75, 3.05) is 11.9 Å². The molecule has 0 aromatic heterocycles. The fraction of sp³-hybridized carbons (Fsp3) is 0.333. The van der Waals surface area contributed by atoms with Crippen molar-refractivity contribution in [2.24, 2.45) is 0 Å². The van der Waals surface area contributed by atoms with Crippen molar-refractivity contribution in [2.45, 2.75) is 13.3 Å². The Kier molecular flexibility index (Phi) is 4.49. The highest BCUT2D eigenvalue weighted by Gasteiger charge is 2.31. The molecule has 0 atom stereocenters. The van der Waals surface area contributed by atoms with E-state index in [0.717, 1.165) is 0 Å². The smallest absolute Gasteiger partial charge is 0.406 e. The van der Waals surface area contributed by atoms with Gasteiger partial charge in [0.05, 0.1) is 5.69 Å². The molecule has 1 N–H and O–H groups in total. The van der Waals surface area contributed by atoms with Crippen LogP contribution in [-0.4, -0.2) is 12.9 Å². The molecular weight excluding hydrogens is 355 g/mol. The van der Waals surface area contributed by atoms with Crippen molar-refractivity contribution >= 4 is 37.5 Å². The molecular formula is C9H8Br2F3NO. The number of hydrogen-bond donors (Lipinski definition) is 1. The first kappa shape index (κ1) is 13.6. The summed E-state index contributed by atoms with van der Waals surface area (Å²) in [7, 11) is 0. The summed E-state index contributed by atoms with van der Waals surface area (Å²) in [6.45, 7) is 2.55. The first-order valence-corrected chi connectivity index (χ1v) is 5.90. The minimum absolute atomic E-state index is 0.270. The van der Waals surface area contributed by atoms with Crippen LogP contribution in [0, 0.1) is 0 Å². The largest absolute Gasteiger partial charge is 0.573 e. The lowest BCUT2D eigenvalue weighted by molar-refractivity contribution is -0.274. The molecule has 0 fully saturated rings. The number of alkyl halides is 3. The zero-order valence-electron chi connectivity index (χ0n) is 8.16. The molecule has 0 spiro atoms. The van der Waals surface area contributed by atoms with Crippen molar-refractivity contribution in [3.05, 3.63) is 21.1 Å². The van der Waals surface area contributed by atoms with E-state index in [1.807, 2.05) is 6.92 Å². The molecule has 7 heteroatoms. The Balaban J connectivity index is 3.00. The number of halogens is 5. The van der Waals surface area contributed by atoms with Gasteiger partial charge in [-0.2, -0.15) is 0 Å². The Hall–Kier alpha value is -0.430. The van der Waals surface area contributed by atoms with Gasteiger partial charge in [-0.25, -0.2) is 0 Å². The zero-order valence-corrected chi connectivity index (χ0v) is 11.3. The summed E-state index contributed by atoms with van der Waals surface area (Å²) in [5.74, 6) is -0.270. The van der Waals surface area contributed by atoms with E-state index in [9.17, 15) is 13.2 Å². The van der Waals surface area contributed by atoms with Gasteiger partial charge in [-0.1, -0.05) is 0 Å². The van der Waals surface area contributed by atoms with Crippen LogP contribution in [0.2, 0.25) is 0 Å². The summed E-state index contributed by atoms with van der Waals surface area (Å²) >= 11 is 6.33. The SMILES string of the molecule is CCNc1c(Br)cc(OC(F)(F)F)cc1Br. The zero-order chi connectivity index (χ0) is 12.3. The maximum Gasteiger partial charge on any atom is 0.573 e. The highest BCUT2D eigenvalue weighted by atomic mass is 79.9. The molecule has 0 aliphatic heterocycles. The van der Waals surface area contributed by atoms with Crippen molar-refractivity contribution < 1.29 is 17.9 Å². The molecule has 1 aromatic rings. The van der Waals surface area contributed by atoms with E-state index < -0.39 is 6.36 Å². The average molecular weight is 363 g/mol. The molecule has 16 heavy (non-hydrogen) atoms. The van der Waals surface area contributed by atoms with Gasteiger partial charge < -0.3 is 10.1 Å². The monoisotopic (exact) mass is 361 g/mol. The fourth-order valence-electron chi connectivity index (χ4n) is 1.09. The second kappa shape index (κ2) is 5.27. The Morgan fingerprint density at radius 3 is 2.12 bits per heavy atom. The third-order valence-corrected chi connectivity index (χ3v) is 2.85. The third kappa shape index (κ3) is 3.86. The molecule has 1 rings (SSSR count). The first-order valence-electron chi connectivity index (χ1n) is 4.32. The van der Waals surface area contributed by atoms with E-state index in [1.54, 1.807) is 0 Å². The number of ether oxygens (including phenoxy) is 1. The average Bonchev–Trinajstić information content (AvgIpc) is 2.08. The lowest BCUT2D eigenvalue weighted by atomic mass is 10.3. The van der Waals surface area contributed by atoms with Gasteiger partial charge in [0.1, 0.15) is 5.75 Å². The van der Waals surface area contributed by atoms with E-state index in [4.69, 9.17) is 0 Å². The van der Waals surface area contributed by atoms with Crippen LogP contribution in [-0.2, 0) is 0 Å². The molecule has 1 aromatic carbocycles. The van der Waals surface area contributed by atoms with Gasteiger partial charge in [-0.15, -0.1) is 13.2 Å². The van der Waals surface area contributed by atoms with Crippen molar-refractivity contribution in [1.29, 1.82) is 0 Å². The minimum atomic E-state index is -4.68. The second-order valence-corrected chi connectivity index (χ2v) is 4.55. The Morgan fingerprint density at radius 1 is 1.25 bits per heavy atom. The molecule has 2 nitrogen and oxygen atoms in total. The van der Waals surface area contributed by atoms with E-state index >= 15 is 0 Å². The Bertz CT molecular complexity index is 359. The van der Waals surface area contributed by atoms with E-state index in [0.29, 0.717) is 21.2 Å². The molecule has 0 heterocycles. The molecule has 0 bridgehead atoms. The summed E-state index contributed by atoms with van der Waals surface area (Å²) in [4.78, 5) is 0. The van der Waals surface area contributed by atoms with Gasteiger partial charge in [0.15, 0.2) is 0 Å². The summed E-state index contributed by atoms with van der Waals surface area (Å²) in [6.07, 6.45) is -4.68. The molecule has 0 saturated carbocycles. The Labute approximate surface area is 107 Å². The molecule has 90 valence electrons. The standard InChI is InChI=1S/C9H8Br2F3NO/c1-2-15-8-6(10)3-5(4-7(8)11)16-9(12,13)14/h3-4,15H,2H2,1H3. The van der Waals surface area contributed by atoms with Gasteiger partial charge >= 0.3 is 6.36 Å². The van der Waals surface area contributed by atoms with Crippen LogP contribution in [0.3, 0.4) is 0 Å². The number of nitrogens with one attached hydrogen (secondary N) is 1. The van der Waals surface area contributed by atoms with Gasteiger partial charge in [-0.05, 0) is 50.9 Å². The summed E-state index contributed by atoms with van der Waals surface area (Å²) in [6, 6.07) is 2.52. The number of hydrogen-bond acceptors (Lipinski definition) is 2. The third-order valence-electron chi connectivity index (χ3n) is 1.60. The lowest BCUT2D eigenvalue weighted by Gasteiger charge is -2.13. The molecule has 0 unspecified atom stereocenters. The van der Waals surface area contributed by atoms with Gasteiger partial charge in [0.25, 0.3) is 0 Å². The predicted octanol–water partition coefficient (Wildman–Crippen LogP) is 4.54. The topological polar surface area (TPSA) is 21.3 Å². The first-order chi connectivity index (χ1) is 7.33. The molecule has 0 aliphatic rings. The molecule has 0 saturated heterocycles. The summed E-state index contributed by atoms with van der Waals surface area (Å²) in [5.41, 5.74) is 0.692. The minimum Gasteiger partial charge on any atom is -0.406 e.